The van der Waals surface area contributed by atoms with Crippen LogP contribution in [-0.4, -0.2) is 6.54 Å². The summed E-state index contributed by atoms with van der Waals surface area (Å²) in [5.41, 5.74) is 8.19. The van der Waals surface area contributed by atoms with Gasteiger partial charge >= 0.3 is 0 Å². The Hall–Kier alpha value is -1.61. The summed E-state index contributed by atoms with van der Waals surface area (Å²) in [6, 6.07) is 5.42. The molecule has 0 fully saturated rings. The molecule has 2 rings (SSSR count). The van der Waals surface area contributed by atoms with Gasteiger partial charge in [-0.2, -0.15) is 0 Å². The molecule has 1 aromatic carbocycles. The van der Waals surface area contributed by atoms with Crippen LogP contribution in [-0.2, 0) is 6.42 Å². The van der Waals surface area contributed by atoms with Gasteiger partial charge in [-0.15, -0.1) is 0 Å². The lowest BCUT2D eigenvalue weighted by atomic mass is 10.1. The SMILES string of the molecule is Cc1cc(C)c2c(=O)cc(CCN)oc2c1. The summed E-state index contributed by atoms with van der Waals surface area (Å²) in [6.07, 6.45) is 0.595. The Labute approximate surface area is 93.9 Å². The van der Waals surface area contributed by atoms with Gasteiger partial charge in [0.25, 0.3) is 0 Å². The number of hydrogen-bond donors (Lipinski definition) is 1. The highest BCUT2D eigenvalue weighted by Gasteiger charge is 2.07. The molecular weight excluding hydrogens is 202 g/mol. The van der Waals surface area contributed by atoms with Crippen molar-refractivity contribution in [2.45, 2.75) is 20.3 Å². The summed E-state index contributed by atoms with van der Waals surface area (Å²) < 4.78 is 5.66. The largest absolute Gasteiger partial charge is 0.461 e. The summed E-state index contributed by atoms with van der Waals surface area (Å²) in [5.74, 6) is 0.657. The minimum atomic E-state index is 0.0159. The van der Waals surface area contributed by atoms with Gasteiger partial charge < -0.3 is 10.2 Å². The van der Waals surface area contributed by atoms with E-state index in [2.05, 4.69) is 0 Å². The van der Waals surface area contributed by atoms with Crippen LogP contribution in [0.5, 0.6) is 0 Å². The predicted octanol–water partition coefficient (Wildman–Crippen LogP) is 1.91. The Bertz CT molecular complexity index is 584. The van der Waals surface area contributed by atoms with Gasteiger partial charge in [0.1, 0.15) is 11.3 Å². The Morgan fingerprint density at radius 3 is 2.69 bits per heavy atom. The molecule has 0 bridgehead atoms. The molecule has 0 unspecified atom stereocenters. The molecule has 1 heterocycles. The molecule has 2 aromatic rings. The fourth-order valence-corrected chi connectivity index (χ4v) is 1.98. The first-order chi connectivity index (χ1) is 7.61. The average molecular weight is 217 g/mol. The van der Waals surface area contributed by atoms with Gasteiger partial charge in [0.2, 0.25) is 0 Å². The van der Waals surface area contributed by atoms with Gasteiger partial charge in [-0.05, 0) is 37.6 Å². The summed E-state index contributed by atoms with van der Waals surface area (Å²) in [4.78, 5) is 11.9. The van der Waals surface area contributed by atoms with Gasteiger partial charge in [0, 0.05) is 12.5 Å². The van der Waals surface area contributed by atoms with Gasteiger partial charge in [0.05, 0.1) is 5.39 Å². The van der Waals surface area contributed by atoms with Crippen LogP contribution in [0.4, 0.5) is 0 Å². The van der Waals surface area contributed by atoms with E-state index in [1.54, 1.807) is 0 Å². The molecule has 0 amide bonds. The topological polar surface area (TPSA) is 56.2 Å². The van der Waals surface area contributed by atoms with Crippen LogP contribution in [0.25, 0.3) is 11.0 Å². The third kappa shape index (κ3) is 1.86. The van der Waals surface area contributed by atoms with Crippen LogP contribution in [0, 0.1) is 13.8 Å². The fourth-order valence-electron chi connectivity index (χ4n) is 1.98. The number of rotatable bonds is 2. The molecule has 0 spiro atoms. The maximum atomic E-state index is 11.9. The van der Waals surface area contributed by atoms with Crippen molar-refractivity contribution in [2.75, 3.05) is 6.54 Å². The van der Waals surface area contributed by atoms with E-state index in [0.717, 1.165) is 11.1 Å². The first kappa shape index (κ1) is 10.9. The van der Waals surface area contributed by atoms with E-state index >= 15 is 0 Å². The molecule has 3 heteroatoms. The molecular formula is C13H15NO2. The van der Waals surface area contributed by atoms with Crippen LogP contribution in [0.3, 0.4) is 0 Å². The number of nitrogens with two attached hydrogens (primary N) is 1. The fraction of sp³-hybridized carbons (Fsp3) is 0.308. The second-order valence-electron chi connectivity index (χ2n) is 4.07. The van der Waals surface area contributed by atoms with Crippen LogP contribution < -0.4 is 11.2 Å². The molecule has 0 aliphatic heterocycles. The van der Waals surface area contributed by atoms with Crippen LogP contribution in [0.15, 0.2) is 27.4 Å². The van der Waals surface area contributed by atoms with Gasteiger partial charge in [0.15, 0.2) is 5.43 Å². The van der Waals surface area contributed by atoms with E-state index in [9.17, 15) is 4.79 Å². The van der Waals surface area contributed by atoms with Crippen molar-refractivity contribution in [1.82, 2.24) is 0 Å². The van der Waals surface area contributed by atoms with Crippen molar-refractivity contribution in [3.8, 4) is 0 Å². The van der Waals surface area contributed by atoms with E-state index in [1.165, 1.54) is 6.07 Å². The van der Waals surface area contributed by atoms with Crippen LogP contribution >= 0.6 is 0 Å². The first-order valence-corrected chi connectivity index (χ1v) is 5.36. The summed E-state index contributed by atoms with van der Waals surface area (Å²) in [7, 11) is 0. The van der Waals surface area contributed by atoms with E-state index in [1.807, 2.05) is 26.0 Å². The van der Waals surface area contributed by atoms with Crippen molar-refractivity contribution in [3.05, 3.63) is 45.3 Å². The zero-order valence-electron chi connectivity index (χ0n) is 9.54. The molecule has 0 aliphatic rings. The lowest BCUT2D eigenvalue weighted by molar-refractivity contribution is 0.536. The maximum absolute atomic E-state index is 11.9. The second-order valence-corrected chi connectivity index (χ2v) is 4.07. The Morgan fingerprint density at radius 2 is 2.00 bits per heavy atom. The van der Waals surface area contributed by atoms with Gasteiger partial charge in [-0.3, -0.25) is 4.79 Å². The highest BCUT2D eigenvalue weighted by molar-refractivity contribution is 5.80. The number of aryl methyl sites for hydroxylation is 2. The molecule has 0 aliphatic carbocycles. The minimum absolute atomic E-state index is 0.0159. The summed E-state index contributed by atoms with van der Waals surface area (Å²) in [5, 5.41) is 0.673. The standard InChI is InChI=1S/C13H15NO2/c1-8-5-9(2)13-11(15)7-10(3-4-14)16-12(13)6-8/h5-7H,3-4,14H2,1-2H3. The predicted molar refractivity (Wildman–Crippen MR) is 64.7 cm³/mol. The zero-order valence-corrected chi connectivity index (χ0v) is 9.54. The molecule has 0 atom stereocenters. The first-order valence-electron chi connectivity index (χ1n) is 5.36. The van der Waals surface area contributed by atoms with Crippen molar-refractivity contribution >= 4 is 11.0 Å². The lowest BCUT2D eigenvalue weighted by Crippen LogP contribution is -2.08. The average Bonchev–Trinajstić information content (AvgIpc) is 2.15. The maximum Gasteiger partial charge on any atom is 0.193 e. The van der Waals surface area contributed by atoms with Crippen molar-refractivity contribution in [1.29, 1.82) is 0 Å². The molecule has 2 N–H and O–H groups in total. The third-order valence-corrected chi connectivity index (χ3v) is 2.61. The van der Waals surface area contributed by atoms with E-state index < -0.39 is 0 Å². The lowest BCUT2D eigenvalue weighted by Gasteiger charge is -2.05. The normalized spacial score (nSPS) is 10.9. The Kier molecular flexibility index (Phi) is 2.79. The van der Waals surface area contributed by atoms with Gasteiger partial charge in [-0.25, -0.2) is 0 Å². The van der Waals surface area contributed by atoms with Crippen molar-refractivity contribution < 1.29 is 4.42 Å². The highest BCUT2D eigenvalue weighted by Crippen LogP contribution is 2.18. The minimum Gasteiger partial charge on any atom is -0.461 e. The van der Waals surface area contributed by atoms with Crippen LogP contribution in [0.1, 0.15) is 16.9 Å². The van der Waals surface area contributed by atoms with E-state index in [0.29, 0.717) is 29.7 Å². The molecule has 1 aromatic heterocycles. The van der Waals surface area contributed by atoms with Crippen molar-refractivity contribution in [2.24, 2.45) is 5.73 Å². The molecule has 0 saturated heterocycles. The quantitative estimate of drug-likeness (QED) is 0.836. The van der Waals surface area contributed by atoms with Crippen molar-refractivity contribution in [3.63, 3.8) is 0 Å². The second kappa shape index (κ2) is 4.10. The number of fused-ring (bicyclic) bond motifs is 1. The summed E-state index contributed by atoms with van der Waals surface area (Å²) in [6.45, 7) is 4.40. The van der Waals surface area contributed by atoms with E-state index in [-0.39, 0.29) is 5.43 Å². The smallest absolute Gasteiger partial charge is 0.193 e. The number of benzene rings is 1. The van der Waals surface area contributed by atoms with Crippen LogP contribution in [0.2, 0.25) is 0 Å². The Balaban J connectivity index is 2.77. The monoisotopic (exact) mass is 217 g/mol. The zero-order chi connectivity index (χ0) is 11.7. The molecule has 0 saturated carbocycles. The molecule has 84 valence electrons. The Morgan fingerprint density at radius 1 is 1.25 bits per heavy atom. The highest BCUT2D eigenvalue weighted by atomic mass is 16.3. The molecule has 16 heavy (non-hydrogen) atoms. The molecule has 0 radical (unpaired) electrons. The summed E-state index contributed by atoms with van der Waals surface area (Å²) >= 11 is 0. The molecule has 3 nitrogen and oxygen atoms in total. The van der Waals surface area contributed by atoms with Gasteiger partial charge in [-0.1, -0.05) is 6.07 Å². The number of hydrogen-bond acceptors (Lipinski definition) is 3. The third-order valence-electron chi connectivity index (χ3n) is 2.61. The van der Waals surface area contributed by atoms with E-state index in [4.69, 9.17) is 10.2 Å².